The summed E-state index contributed by atoms with van der Waals surface area (Å²) >= 11 is 0. The van der Waals surface area contributed by atoms with Crippen molar-refractivity contribution in [3.05, 3.63) is 65.8 Å². The topological polar surface area (TPSA) is 101 Å². The number of amides is 1. The zero-order chi connectivity index (χ0) is 16.5. The average Bonchev–Trinajstić information content (AvgIpc) is 2.58. The molecule has 1 heterocycles. The van der Waals surface area contributed by atoms with E-state index < -0.39 is 12.1 Å². The van der Waals surface area contributed by atoms with Crippen molar-refractivity contribution in [2.75, 3.05) is 6.54 Å². The maximum absolute atomic E-state index is 11.5. The molecule has 0 atom stereocenters. The van der Waals surface area contributed by atoms with Crippen molar-refractivity contribution in [3.8, 4) is 0 Å². The number of benzene rings is 1. The van der Waals surface area contributed by atoms with Gasteiger partial charge in [0, 0.05) is 24.5 Å². The minimum absolute atomic E-state index is 0.209. The first-order chi connectivity index (χ1) is 11.1. The number of nitrogens with zero attached hydrogens (tertiary/aromatic N) is 2. The van der Waals surface area contributed by atoms with E-state index in [4.69, 9.17) is 9.84 Å². The molecule has 0 fully saturated rings. The first-order valence-corrected chi connectivity index (χ1v) is 6.81. The number of carbonyl (C=O) groups excluding carboxylic acids is 1. The quantitative estimate of drug-likeness (QED) is 0.847. The van der Waals surface area contributed by atoms with Crippen LogP contribution in [0.1, 0.15) is 21.7 Å². The van der Waals surface area contributed by atoms with Crippen LogP contribution in [-0.2, 0) is 11.3 Å². The molecule has 2 aromatic rings. The summed E-state index contributed by atoms with van der Waals surface area (Å²) in [6.07, 6.45) is 5.61. The van der Waals surface area contributed by atoms with Crippen LogP contribution >= 0.6 is 0 Å². The van der Waals surface area contributed by atoms with Gasteiger partial charge in [-0.1, -0.05) is 42.5 Å². The van der Waals surface area contributed by atoms with Gasteiger partial charge in [-0.15, -0.1) is 0 Å². The maximum Gasteiger partial charge on any atom is 0.407 e. The Kier molecular flexibility index (Phi) is 5.81. The van der Waals surface area contributed by atoms with Gasteiger partial charge in [-0.05, 0) is 5.56 Å². The highest BCUT2D eigenvalue weighted by Crippen LogP contribution is 2.01. The Morgan fingerprint density at radius 3 is 2.52 bits per heavy atom. The van der Waals surface area contributed by atoms with E-state index in [1.165, 1.54) is 12.4 Å². The van der Waals surface area contributed by atoms with E-state index in [9.17, 15) is 9.59 Å². The summed E-state index contributed by atoms with van der Waals surface area (Å²) < 4.78 is 5.05. The Morgan fingerprint density at radius 1 is 1.17 bits per heavy atom. The van der Waals surface area contributed by atoms with Crippen LogP contribution in [-0.4, -0.2) is 33.7 Å². The fourth-order valence-electron chi connectivity index (χ4n) is 1.65. The normalized spacial score (nSPS) is 10.4. The number of hydrogen-bond acceptors (Lipinski definition) is 5. The van der Waals surface area contributed by atoms with Crippen molar-refractivity contribution < 1.29 is 19.4 Å². The standard InChI is InChI=1S/C16H15N3O4/c20-15(21)14-18-9-13(10-19-14)7-4-8-17-16(22)23-11-12-5-2-1-3-6-12/h1-7,9-10H,8,11H2,(H,17,22)(H,20,21). The van der Waals surface area contributed by atoms with Crippen LogP contribution in [0.25, 0.3) is 6.08 Å². The molecule has 0 bridgehead atoms. The van der Waals surface area contributed by atoms with Crippen LogP contribution in [0.5, 0.6) is 0 Å². The molecule has 0 saturated heterocycles. The largest absolute Gasteiger partial charge is 0.475 e. The second kappa shape index (κ2) is 8.28. The third-order valence-electron chi connectivity index (χ3n) is 2.75. The lowest BCUT2D eigenvalue weighted by Gasteiger charge is -2.05. The lowest BCUT2D eigenvalue weighted by molar-refractivity contribution is 0.0683. The van der Waals surface area contributed by atoms with Gasteiger partial charge in [0.25, 0.3) is 0 Å². The number of carboxylic acid groups (broad SMARTS) is 1. The SMILES string of the molecule is O=C(NCC=Cc1cnc(C(=O)O)nc1)OCc1ccccc1. The van der Waals surface area contributed by atoms with E-state index in [-0.39, 0.29) is 19.0 Å². The van der Waals surface area contributed by atoms with Gasteiger partial charge >= 0.3 is 12.1 Å². The number of hydrogen-bond donors (Lipinski definition) is 2. The van der Waals surface area contributed by atoms with Crippen molar-refractivity contribution in [1.29, 1.82) is 0 Å². The number of carbonyl (C=O) groups is 2. The fourth-order valence-corrected chi connectivity index (χ4v) is 1.65. The van der Waals surface area contributed by atoms with Gasteiger partial charge in [0.1, 0.15) is 6.61 Å². The van der Waals surface area contributed by atoms with Gasteiger partial charge in [-0.3, -0.25) is 0 Å². The Labute approximate surface area is 132 Å². The van der Waals surface area contributed by atoms with Gasteiger partial charge in [-0.25, -0.2) is 19.6 Å². The summed E-state index contributed by atoms with van der Waals surface area (Å²) in [5.74, 6) is -1.44. The molecule has 1 aromatic carbocycles. The highest BCUT2D eigenvalue weighted by Gasteiger charge is 2.04. The zero-order valence-electron chi connectivity index (χ0n) is 12.2. The molecule has 0 aliphatic rings. The summed E-state index contributed by atoms with van der Waals surface area (Å²) in [5, 5.41) is 11.2. The van der Waals surface area contributed by atoms with E-state index in [2.05, 4.69) is 15.3 Å². The van der Waals surface area contributed by atoms with Crippen LogP contribution in [0.2, 0.25) is 0 Å². The summed E-state index contributed by atoms with van der Waals surface area (Å²) in [6.45, 7) is 0.481. The Bertz CT molecular complexity index is 684. The molecule has 118 valence electrons. The van der Waals surface area contributed by atoms with Gasteiger partial charge in [0.2, 0.25) is 5.82 Å². The lowest BCUT2D eigenvalue weighted by Crippen LogP contribution is -2.24. The first-order valence-electron chi connectivity index (χ1n) is 6.81. The number of aromatic carboxylic acids is 1. The zero-order valence-corrected chi connectivity index (χ0v) is 12.2. The predicted octanol–water partition coefficient (Wildman–Crippen LogP) is 2.11. The van der Waals surface area contributed by atoms with Crippen LogP contribution in [0, 0.1) is 0 Å². The Balaban J connectivity index is 1.71. The van der Waals surface area contributed by atoms with Crippen molar-refractivity contribution in [1.82, 2.24) is 15.3 Å². The average molecular weight is 313 g/mol. The summed E-state index contributed by atoms with van der Waals surface area (Å²) in [4.78, 5) is 29.5. The second-order valence-corrected chi connectivity index (χ2v) is 4.49. The van der Waals surface area contributed by atoms with Crippen molar-refractivity contribution in [3.63, 3.8) is 0 Å². The summed E-state index contributed by atoms with van der Waals surface area (Å²) in [6, 6.07) is 9.37. The van der Waals surface area contributed by atoms with Crippen LogP contribution in [0.15, 0.2) is 48.8 Å². The summed E-state index contributed by atoms with van der Waals surface area (Å²) in [5.41, 5.74) is 1.54. The highest BCUT2D eigenvalue weighted by molar-refractivity contribution is 5.83. The molecule has 0 aliphatic carbocycles. The number of alkyl carbamates (subject to hydrolysis) is 1. The minimum atomic E-state index is -1.18. The minimum Gasteiger partial charge on any atom is -0.475 e. The third-order valence-corrected chi connectivity index (χ3v) is 2.75. The number of rotatable bonds is 6. The van der Waals surface area contributed by atoms with E-state index in [1.54, 1.807) is 12.2 Å². The van der Waals surface area contributed by atoms with E-state index >= 15 is 0 Å². The smallest absolute Gasteiger partial charge is 0.407 e. The molecule has 1 amide bonds. The molecule has 7 nitrogen and oxygen atoms in total. The van der Waals surface area contributed by atoms with Crippen LogP contribution in [0.3, 0.4) is 0 Å². The van der Waals surface area contributed by atoms with E-state index in [0.717, 1.165) is 5.56 Å². The van der Waals surface area contributed by atoms with E-state index in [1.807, 2.05) is 30.3 Å². The molecule has 23 heavy (non-hydrogen) atoms. The van der Waals surface area contributed by atoms with Crippen molar-refractivity contribution in [2.45, 2.75) is 6.61 Å². The molecule has 0 radical (unpaired) electrons. The number of carboxylic acids is 1. The third kappa shape index (κ3) is 5.58. The van der Waals surface area contributed by atoms with Gasteiger partial charge in [-0.2, -0.15) is 0 Å². The monoisotopic (exact) mass is 313 g/mol. The maximum atomic E-state index is 11.5. The van der Waals surface area contributed by atoms with Crippen LogP contribution in [0.4, 0.5) is 4.79 Å². The molecular weight excluding hydrogens is 298 g/mol. The Hall–Kier alpha value is -3.22. The van der Waals surface area contributed by atoms with Crippen molar-refractivity contribution >= 4 is 18.1 Å². The highest BCUT2D eigenvalue weighted by atomic mass is 16.5. The molecule has 2 rings (SSSR count). The molecular formula is C16H15N3O4. The van der Waals surface area contributed by atoms with Gasteiger partial charge in [0.05, 0.1) is 0 Å². The fraction of sp³-hybridized carbons (Fsp3) is 0.125. The molecule has 0 unspecified atom stereocenters. The molecule has 1 aromatic heterocycles. The molecule has 7 heteroatoms. The summed E-state index contributed by atoms with van der Waals surface area (Å²) in [7, 11) is 0. The molecule has 0 saturated carbocycles. The number of nitrogens with one attached hydrogen (secondary N) is 1. The van der Waals surface area contributed by atoms with Gasteiger partial charge in [0.15, 0.2) is 0 Å². The number of aromatic nitrogens is 2. The molecule has 2 N–H and O–H groups in total. The van der Waals surface area contributed by atoms with Crippen LogP contribution < -0.4 is 5.32 Å². The van der Waals surface area contributed by atoms with E-state index in [0.29, 0.717) is 5.56 Å². The van der Waals surface area contributed by atoms with Crippen molar-refractivity contribution in [2.24, 2.45) is 0 Å². The molecule has 0 aliphatic heterocycles. The second-order valence-electron chi connectivity index (χ2n) is 4.49. The molecule has 0 spiro atoms. The number of ether oxygens (including phenoxy) is 1. The van der Waals surface area contributed by atoms with Gasteiger partial charge < -0.3 is 15.2 Å². The Morgan fingerprint density at radius 2 is 1.87 bits per heavy atom. The first kappa shape index (κ1) is 16.2. The predicted molar refractivity (Wildman–Crippen MR) is 82.7 cm³/mol. The lowest BCUT2D eigenvalue weighted by atomic mass is 10.2.